The van der Waals surface area contributed by atoms with E-state index < -0.39 is 22.0 Å². The lowest BCUT2D eigenvalue weighted by molar-refractivity contribution is -0.140. The van der Waals surface area contributed by atoms with Crippen LogP contribution in [-0.2, 0) is 24.3 Å². The minimum absolute atomic E-state index is 0.0103. The molecule has 2 rings (SSSR count). The molecule has 1 aromatic rings. The fourth-order valence-corrected chi connectivity index (χ4v) is 3.67. The number of amides is 1. The van der Waals surface area contributed by atoms with Gasteiger partial charge < -0.3 is 14.7 Å². The molecule has 1 fully saturated rings. The predicted molar refractivity (Wildman–Crippen MR) is 89.6 cm³/mol. The average Bonchev–Trinajstić information content (AvgIpc) is 2.59. The third-order valence-electron chi connectivity index (χ3n) is 3.94. The van der Waals surface area contributed by atoms with Crippen LogP contribution in [0.1, 0.15) is 18.4 Å². The van der Waals surface area contributed by atoms with Crippen molar-refractivity contribution in [2.75, 3.05) is 26.3 Å². The van der Waals surface area contributed by atoms with E-state index in [-0.39, 0.29) is 23.6 Å². The molecule has 0 unspecified atom stereocenters. The van der Waals surface area contributed by atoms with E-state index in [1.165, 1.54) is 12.1 Å². The van der Waals surface area contributed by atoms with Gasteiger partial charge in [0.1, 0.15) is 6.04 Å². The normalized spacial score (nSPS) is 16.4. The van der Waals surface area contributed by atoms with E-state index in [0.29, 0.717) is 26.3 Å². The van der Waals surface area contributed by atoms with E-state index in [1.54, 1.807) is 17.0 Å². The lowest BCUT2D eigenvalue weighted by Gasteiger charge is -2.27. The van der Waals surface area contributed by atoms with Crippen molar-refractivity contribution in [2.45, 2.75) is 30.7 Å². The Morgan fingerprint density at radius 2 is 1.84 bits per heavy atom. The van der Waals surface area contributed by atoms with Gasteiger partial charge in [-0.15, -0.1) is 0 Å². The largest absolute Gasteiger partial charge is 0.480 e. The molecule has 8 nitrogen and oxygen atoms in total. The molecule has 1 heterocycles. The van der Waals surface area contributed by atoms with Crippen molar-refractivity contribution < 1.29 is 27.9 Å². The number of carboxylic acid groups (broad SMARTS) is 1. The number of benzene rings is 1. The Labute approximate surface area is 146 Å². The Balaban J connectivity index is 1.99. The Morgan fingerprint density at radius 3 is 2.40 bits per heavy atom. The molecule has 1 saturated heterocycles. The molecule has 138 valence electrons. The van der Waals surface area contributed by atoms with Gasteiger partial charge in [0.25, 0.3) is 0 Å². The number of nitrogens with one attached hydrogen (secondary N) is 1. The summed E-state index contributed by atoms with van der Waals surface area (Å²) in [6.45, 7) is 3.65. The van der Waals surface area contributed by atoms with E-state index >= 15 is 0 Å². The first kappa shape index (κ1) is 19.4. The van der Waals surface area contributed by atoms with Crippen LogP contribution in [0.15, 0.2) is 29.2 Å². The Hall–Kier alpha value is -1.97. The number of carboxylic acids is 1. The van der Waals surface area contributed by atoms with Gasteiger partial charge in [-0.3, -0.25) is 9.59 Å². The average molecular weight is 370 g/mol. The van der Waals surface area contributed by atoms with E-state index in [2.05, 4.69) is 4.72 Å². The molecule has 9 heteroatoms. The number of aryl methyl sites for hydroxylation is 1. The van der Waals surface area contributed by atoms with Crippen LogP contribution in [-0.4, -0.2) is 62.6 Å². The van der Waals surface area contributed by atoms with Crippen molar-refractivity contribution in [3.05, 3.63) is 29.8 Å². The summed E-state index contributed by atoms with van der Waals surface area (Å²) in [4.78, 5) is 25.1. The molecule has 25 heavy (non-hydrogen) atoms. The number of hydrogen-bond donors (Lipinski definition) is 2. The van der Waals surface area contributed by atoms with Gasteiger partial charge in [0.2, 0.25) is 15.9 Å². The molecule has 2 N–H and O–H groups in total. The quantitative estimate of drug-likeness (QED) is 0.717. The third-order valence-corrected chi connectivity index (χ3v) is 5.43. The van der Waals surface area contributed by atoms with Crippen LogP contribution in [0.5, 0.6) is 0 Å². The van der Waals surface area contributed by atoms with Crippen LogP contribution in [0.3, 0.4) is 0 Å². The first-order valence-electron chi connectivity index (χ1n) is 7.97. The number of sulfonamides is 1. The summed E-state index contributed by atoms with van der Waals surface area (Å²) < 4.78 is 32.0. The lowest BCUT2D eigenvalue weighted by atomic mass is 10.1. The molecule has 0 spiro atoms. The Kier molecular flexibility index (Phi) is 6.51. The van der Waals surface area contributed by atoms with Gasteiger partial charge in [0, 0.05) is 19.5 Å². The summed E-state index contributed by atoms with van der Waals surface area (Å²) >= 11 is 0. The van der Waals surface area contributed by atoms with Crippen molar-refractivity contribution in [1.29, 1.82) is 0 Å². The lowest BCUT2D eigenvalue weighted by Crippen LogP contribution is -2.43. The second-order valence-electron chi connectivity index (χ2n) is 5.86. The second-order valence-corrected chi connectivity index (χ2v) is 7.57. The standard InChI is InChI=1S/C16H22N2O6S/c1-12-2-4-13(5-3-12)25(22,23)17-14(16(20)21)6-7-15(19)18-8-10-24-11-9-18/h2-5,14,17H,6-11H2,1H3,(H,20,21)/t14-/m1/s1. The van der Waals surface area contributed by atoms with Crippen LogP contribution < -0.4 is 4.72 Å². The zero-order valence-electron chi connectivity index (χ0n) is 14.0. The highest BCUT2D eigenvalue weighted by Crippen LogP contribution is 2.13. The minimum Gasteiger partial charge on any atom is -0.480 e. The van der Waals surface area contributed by atoms with E-state index in [4.69, 9.17) is 4.74 Å². The van der Waals surface area contributed by atoms with Crippen LogP contribution >= 0.6 is 0 Å². The molecule has 0 radical (unpaired) electrons. The highest BCUT2D eigenvalue weighted by Gasteiger charge is 2.27. The van der Waals surface area contributed by atoms with Gasteiger partial charge in [0.15, 0.2) is 0 Å². The monoisotopic (exact) mass is 370 g/mol. The van der Waals surface area contributed by atoms with Crippen LogP contribution in [0.4, 0.5) is 0 Å². The summed E-state index contributed by atoms with van der Waals surface area (Å²) in [6, 6.07) is 4.72. The first-order valence-corrected chi connectivity index (χ1v) is 9.45. The zero-order chi connectivity index (χ0) is 18.4. The summed E-state index contributed by atoms with van der Waals surface area (Å²) in [5.74, 6) is -1.52. The summed E-state index contributed by atoms with van der Waals surface area (Å²) in [7, 11) is -3.97. The van der Waals surface area contributed by atoms with Gasteiger partial charge in [-0.05, 0) is 25.5 Å². The highest BCUT2D eigenvalue weighted by atomic mass is 32.2. The van der Waals surface area contributed by atoms with Gasteiger partial charge >= 0.3 is 5.97 Å². The maximum Gasteiger partial charge on any atom is 0.321 e. The fourth-order valence-electron chi connectivity index (χ4n) is 2.44. The number of morpholine rings is 1. The van der Waals surface area contributed by atoms with Crippen LogP contribution in [0.2, 0.25) is 0 Å². The number of hydrogen-bond acceptors (Lipinski definition) is 5. The molecule has 1 aliphatic rings. The third kappa shape index (κ3) is 5.52. The van der Waals surface area contributed by atoms with Crippen molar-refractivity contribution in [2.24, 2.45) is 0 Å². The molecule has 0 saturated carbocycles. The molecule has 0 bridgehead atoms. The maximum atomic E-state index is 12.3. The van der Waals surface area contributed by atoms with Crippen molar-refractivity contribution in [1.82, 2.24) is 9.62 Å². The molecule has 1 atom stereocenters. The molecular weight excluding hydrogens is 348 g/mol. The number of carbonyl (C=O) groups excluding carboxylic acids is 1. The highest BCUT2D eigenvalue weighted by molar-refractivity contribution is 7.89. The van der Waals surface area contributed by atoms with Crippen molar-refractivity contribution >= 4 is 21.9 Å². The van der Waals surface area contributed by atoms with Gasteiger partial charge in [-0.2, -0.15) is 4.72 Å². The molecular formula is C16H22N2O6S. The molecule has 1 amide bonds. The van der Waals surface area contributed by atoms with E-state index in [1.807, 2.05) is 6.92 Å². The minimum atomic E-state index is -3.97. The molecule has 1 aliphatic heterocycles. The van der Waals surface area contributed by atoms with Gasteiger partial charge in [0.05, 0.1) is 18.1 Å². The zero-order valence-corrected chi connectivity index (χ0v) is 14.8. The van der Waals surface area contributed by atoms with E-state index in [0.717, 1.165) is 5.56 Å². The summed E-state index contributed by atoms with van der Waals surface area (Å²) in [5.41, 5.74) is 0.893. The van der Waals surface area contributed by atoms with Crippen LogP contribution in [0.25, 0.3) is 0 Å². The number of carbonyl (C=O) groups is 2. The SMILES string of the molecule is Cc1ccc(S(=O)(=O)N[C@H](CCC(=O)N2CCOCC2)C(=O)O)cc1. The molecule has 0 aromatic heterocycles. The van der Waals surface area contributed by atoms with Crippen molar-refractivity contribution in [3.63, 3.8) is 0 Å². The van der Waals surface area contributed by atoms with Crippen molar-refractivity contribution in [3.8, 4) is 0 Å². The Bertz CT molecular complexity index is 711. The smallest absolute Gasteiger partial charge is 0.321 e. The number of nitrogens with zero attached hydrogens (tertiary/aromatic N) is 1. The number of aliphatic carboxylic acids is 1. The maximum absolute atomic E-state index is 12.3. The Morgan fingerprint density at radius 1 is 1.24 bits per heavy atom. The summed E-state index contributed by atoms with van der Waals surface area (Å²) in [5, 5.41) is 9.28. The van der Waals surface area contributed by atoms with E-state index in [9.17, 15) is 23.1 Å². The first-order chi connectivity index (χ1) is 11.8. The molecule has 1 aromatic carbocycles. The van der Waals surface area contributed by atoms with Crippen LogP contribution in [0, 0.1) is 6.92 Å². The van der Waals surface area contributed by atoms with Gasteiger partial charge in [-0.1, -0.05) is 17.7 Å². The number of ether oxygens (including phenoxy) is 1. The number of rotatable bonds is 7. The predicted octanol–water partition coefficient (Wildman–Crippen LogP) is 0.366. The fraction of sp³-hybridized carbons (Fsp3) is 0.500. The van der Waals surface area contributed by atoms with Gasteiger partial charge in [-0.25, -0.2) is 8.42 Å². The topological polar surface area (TPSA) is 113 Å². The molecule has 0 aliphatic carbocycles. The second kappa shape index (κ2) is 8.41. The summed E-state index contributed by atoms with van der Waals surface area (Å²) in [6.07, 6.45) is -0.163.